The van der Waals surface area contributed by atoms with Crippen molar-refractivity contribution in [1.82, 2.24) is 5.32 Å². The van der Waals surface area contributed by atoms with Crippen molar-refractivity contribution in [2.45, 2.75) is 26.3 Å². The normalized spacial score (nSPS) is 12.1. The minimum Gasteiger partial charge on any atom is -0.494 e. The zero-order valence-electron chi connectivity index (χ0n) is 10.3. The fraction of sp³-hybridized carbons (Fsp3) is 0.462. The molecule has 2 N–H and O–H groups in total. The highest BCUT2D eigenvalue weighted by molar-refractivity contribution is 5.75. The van der Waals surface area contributed by atoms with Gasteiger partial charge in [-0.2, -0.15) is 0 Å². The quantitative estimate of drug-likeness (QED) is 0.763. The van der Waals surface area contributed by atoms with Crippen LogP contribution in [0.3, 0.4) is 0 Å². The third-order valence-corrected chi connectivity index (χ3v) is 2.32. The summed E-state index contributed by atoms with van der Waals surface area (Å²) < 4.78 is 5.48. The summed E-state index contributed by atoms with van der Waals surface area (Å²) in [6.45, 7) is 5.16. The number of carbonyl (C=O) groups is 1. The van der Waals surface area contributed by atoms with Gasteiger partial charge in [0, 0.05) is 0 Å². The van der Waals surface area contributed by atoms with Gasteiger partial charge in [0.1, 0.15) is 11.8 Å². The molecule has 0 aliphatic rings. The Morgan fingerprint density at radius 3 is 2.82 bits per heavy atom. The number of ether oxygens (including phenoxy) is 1. The van der Waals surface area contributed by atoms with Gasteiger partial charge < -0.3 is 15.2 Å². The number of carboxylic acids is 1. The standard InChI is InChI=1S/C13H19NO3/c1-3-8-17-11-7-5-6-10(9-11)12(13(15)16)14-4-2/h5-7,9,12,14H,3-4,8H2,1-2H3,(H,15,16). The molecule has 0 heterocycles. The largest absolute Gasteiger partial charge is 0.494 e. The van der Waals surface area contributed by atoms with E-state index in [2.05, 4.69) is 5.32 Å². The van der Waals surface area contributed by atoms with Crippen LogP contribution < -0.4 is 10.1 Å². The van der Waals surface area contributed by atoms with Crippen LogP contribution in [0, 0.1) is 0 Å². The number of carboxylic acid groups (broad SMARTS) is 1. The summed E-state index contributed by atoms with van der Waals surface area (Å²) in [4.78, 5) is 11.1. The Kier molecular flexibility index (Phi) is 5.49. The van der Waals surface area contributed by atoms with Crippen molar-refractivity contribution < 1.29 is 14.6 Å². The van der Waals surface area contributed by atoms with Gasteiger partial charge in [-0.15, -0.1) is 0 Å². The van der Waals surface area contributed by atoms with Gasteiger partial charge in [0.2, 0.25) is 0 Å². The number of hydrogen-bond acceptors (Lipinski definition) is 3. The lowest BCUT2D eigenvalue weighted by atomic mass is 10.1. The Hall–Kier alpha value is -1.55. The molecule has 1 rings (SSSR count). The van der Waals surface area contributed by atoms with Crippen LogP contribution in [0.4, 0.5) is 0 Å². The van der Waals surface area contributed by atoms with Gasteiger partial charge in [-0.05, 0) is 30.7 Å². The smallest absolute Gasteiger partial charge is 0.325 e. The number of aliphatic carboxylic acids is 1. The second-order valence-electron chi connectivity index (χ2n) is 3.75. The predicted octanol–water partition coefficient (Wildman–Crippen LogP) is 2.21. The zero-order valence-corrected chi connectivity index (χ0v) is 10.3. The van der Waals surface area contributed by atoms with Crippen LogP contribution in [-0.4, -0.2) is 24.2 Å². The van der Waals surface area contributed by atoms with E-state index >= 15 is 0 Å². The predicted molar refractivity (Wildman–Crippen MR) is 66.3 cm³/mol. The summed E-state index contributed by atoms with van der Waals surface area (Å²) in [5.41, 5.74) is 0.716. The third-order valence-electron chi connectivity index (χ3n) is 2.32. The topological polar surface area (TPSA) is 58.6 Å². The second-order valence-corrected chi connectivity index (χ2v) is 3.75. The first-order chi connectivity index (χ1) is 8.19. The molecule has 4 heteroatoms. The molecule has 1 atom stereocenters. The fourth-order valence-corrected chi connectivity index (χ4v) is 1.56. The number of likely N-dealkylation sites (N-methyl/N-ethyl adjacent to an activating group) is 1. The molecule has 94 valence electrons. The molecule has 1 unspecified atom stereocenters. The minimum absolute atomic E-state index is 0.608. The van der Waals surface area contributed by atoms with E-state index in [9.17, 15) is 4.79 Å². The average Bonchev–Trinajstić information content (AvgIpc) is 2.33. The summed E-state index contributed by atoms with van der Waals surface area (Å²) in [5, 5.41) is 12.0. The van der Waals surface area contributed by atoms with Crippen molar-refractivity contribution in [3.05, 3.63) is 29.8 Å². The zero-order chi connectivity index (χ0) is 12.7. The number of benzene rings is 1. The van der Waals surface area contributed by atoms with E-state index in [1.165, 1.54) is 0 Å². The van der Waals surface area contributed by atoms with Crippen LogP contribution >= 0.6 is 0 Å². The maximum Gasteiger partial charge on any atom is 0.325 e. The van der Waals surface area contributed by atoms with Gasteiger partial charge in [0.15, 0.2) is 0 Å². The lowest BCUT2D eigenvalue weighted by molar-refractivity contribution is -0.139. The number of rotatable bonds is 7. The van der Waals surface area contributed by atoms with Crippen molar-refractivity contribution in [2.24, 2.45) is 0 Å². The van der Waals surface area contributed by atoms with Crippen molar-refractivity contribution in [1.29, 1.82) is 0 Å². The molecule has 0 aliphatic heterocycles. The summed E-state index contributed by atoms with van der Waals surface area (Å²) in [7, 11) is 0. The molecule has 0 bridgehead atoms. The highest BCUT2D eigenvalue weighted by atomic mass is 16.5. The molecule has 0 fully saturated rings. The lowest BCUT2D eigenvalue weighted by Gasteiger charge is -2.14. The van der Waals surface area contributed by atoms with Gasteiger partial charge in [-0.1, -0.05) is 26.0 Å². The summed E-state index contributed by atoms with van der Waals surface area (Å²) >= 11 is 0. The molecule has 0 aliphatic carbocycles. The van der Waals surface area contributed by atoms with E-state index < -0.39 is 12.0 Å². The molecular formula is C13H19NO3. The first-order valence-corrected chi connectivity index (χ1v) is 5.88. The average molecular weight is 237 g/mol. The molecule has 0 spiro atoms. The highest BCUT2D eigenvalue weighted by Crippen LogP contribution is 2.19. The maximum atomic E-state index is 11.1. The lowest BCUT2D eigenvalue weighted by Crippen LogP contribution is -2.28. The van der Waals surface area contributed by atoms with E-state index in [-0.39, 0.29) is 0 Å². The van der Waals surface area contributed by atoms with E-state index in [0.29, 0.717) is 24.5 Å². The van der Waals surface area contributed by atoms with Crippen LogP contribution in [0.25, 0.3) is 0 Å². The van der Waals surface area contributed by atoms with Crippen LogP contribution in [0.2, 0.25) is 0 Å². The van der Waals surface area contributed by atoms with Crippen molar-refractivity contribution in [2.75, 3.05) is 13.2 Å². The van der Waals surface area contributed by atoms with Crippen LogP contribution in [0.1, 0.15) is 31.9 Å². The first kappa shape index (κ1) is 13.5. The van der Waals surface area contributed by atoms with Crippen molar-refractivity contribution in [3.63, 3.8) is 0 Å². The van der Waals surface area contributed by atoms with E-state index in [1.54, 1.807) is 12.1 Å². The summed E-state index contributed by atoms with van der Waals surface area (Å²) in [5.74, 6) is -0.159. The molecule has 0 saturated carbocycles. The van der Waals surface area contributed by atoms with Gasteiger partial charge in [0.25, 0.3) is 0 Å². The Morgan fingerprint density at radius 1 is 1.47 bits per heavy atom. The van der Waals surface area contributed by atoms with Crippen LogP contribution in [-0.2, 0) is 4.79 Å². The van der Waals surface area contributed by atoms with Gasteiger partial charge >= 0.3 is 5.97 Å². The first-order valence-electron chi connectivity index (χ1n) is 5.88. The molecule has 1 aromatic rings. The molecule has 0 amide bonds. The highest BCUT2D eigenvalue weighted by Gasteiger charge is 2.18. The Balaban J connectivity index is 2.83. The summed E-state index contributed by atoms with van der Waals surface area (Å²) in [6, 6.07) is 6.54. The molecular weight excluding hydrogens is 218 g/mol. The van der Waals surface area contributed by atoms with Crippen molar-refractivity contribution in [3.8, 4) is 5.75 Å². The third kappa shape index (κ3) is 4.07. The van der Waals surface area contributed by atoms with Gasteiger partial charge in [-0.3, -0.25) is 4.79 Å². The molecule has 4 nitrogen and oxygen atoms in total. The Bertz CT molecular complexity index is 365. The fourth-order valence-electron chi connectivity index (χ4n) is 1.56. The van der Waals surface area contributed by atoms with Crippen LogP contribution in [0.15, 0.2) is 24.3 Å². The number of hydrogen-bond donors (Lipinski definition) is 2. The van der Waals surface area contributed by atoms with E-state index in [0.717, 1.165) is 6.42 Å². The molecule has 17 heavy (non-hydrogen) atoms. The second kappa shape index (κ2) is 6.91. The monoisotopic (exact) mass is 237 g/mol. The Morgan fingerprint density at radius 2 is 2.24 bits per heavy atom. The molecule has 0 radical (unpaired) electrons. The number of nitrogens with one attached hydrogen (secondary N) is 1. The van der Waals surface area contributed by atoms with Gasteiger partial charge in [-0.25, -0.2) is 0 Å². The van der Waals surface area contributed by atoms with E-state index in [4.69, 9.17) is 9.84 Å². The summed E-state index contributed by atoms with van der Waals surface area (Å²) in [6.07, 6.45) is 0.930. The molecule has 1 aromatic carbocycles. The van der Waals surface area contributed by atoms with Crippen molar-refractivity contribution >= 4 is 5.97 Å². The Labute approximate surface area is 102 Å². The maximum absolute atomic E-state index is 11.1. The molecule has 0 aromatic heterocycles. The van der Waals surface area contributed by atoms with E-state index in [1.807, 2.05) is 26.0 Å². The molecule has 0 saturated heterocycles. The minimum atomic E-state index is -0.875. The SMILES string of the molecule is CCCOc1cccc(C(NCC)C(=O)O)c1. The van der Waals surface area contributed by atoms with Crippen LogP contribution in [0.5, 0.6) is 5.75 Å². The van der Waals surface area contributed by atoms with Gasteiger partial charge in [0.05, 0.1) is 6.61 Å².